The lowest BCUT2D eigenvalue weighted by atomic mass is 10.2. The summed E-state index contributed by atoms with van der Waals surface area (Å²) in [6.07, 6.45) is 0. The van der Waals surface area contributed by atoms with E-state index >= 15 is 0 Å². The normalized spacial score (nSPS) is 10.8. The zero-order valence-electron chi connectivity index (χ0n) is 9.11. The summed E-state index contributed by atoms with van der Waals surface area (Å²) in [6.45, 7) is 3.32. The molecule has 0 fully saturated rings. The molecule has 0 unspecified atom stereocenters. The lowest BCUT2D eigenvalue weighted by Gasteiger charge is -2.04. The smallest absolute Gasteiger partial charge is 0.128 e. The number of rotatable bonds is 2. The zero-order valence-corrected chi connectivity index (χ0v) is 9.11. The van der Waals surface area contributed by atoms with Crippen molar-refractivity contribution >= 4 is 0 Å². The number of aromatic nitrogens is 3. The molecule has 0 bridgehead atoms. The van der Waals surface area contributed by atoms with Crippen LogP contribution < -0.4 is 0 Å². The number of halogens is 1. The van der Waals surface area contributed by atoms with Gasteiger partial charge in [0.2, 0.25) is 0 Å². The second kappa shape index (κ2) is 4.02. The van der Waals surface area contributed by atoms with Crippen LogP contribution in [0.15, 0.2) is 18.2 Å². The molecule has 0 spiro atoms. The van der Waals surface area contributed by atoms with Crippen LogP contribution in [-0.2, 0) is 6.61 Å². The van der Waals surface area contributed by atoms with E-state index in [1.54, 1.807) is 26.0 Å². The zero-order chi connectivity index (χ0) is 11.7. The van der Waals surface area contributed by atoms with Gasteiger partial charge in [-0.05, 0) is 31.5 Å². The lowest BCUT2D eigenvalue weighted by molar-refractivity contribution is 0.276. The summed E-state index contributed by atoms with van der Waals surface area (Å²) in [6, 6.07) is 4.85. The van der Waals surface area contributed by atoms with Gasteiger partial charge in [-0.25, -0.2) is 9.07 Å². The van der Waals surface area contributed by atoms with E-state index in [4.69, 9.17) is 5.11 Å². The van der Waals surface area contributed by atoms with Gasteiger partial charge >= 0.3 is 0 Å². The fraction of sp³-hybridized carbons (Fsp3) is 0.273. The molecule has 0 atom stereocenters. The van der Waals surface area contributed by atoms with Crippen molar-refractivity contribution in [3.05, 3.63) is 41.0 Å². The number of aliphatic hydroxyl groups is 1. The van der Waals surface area contributed by atoms with Gasteiger partial charge in [0.1, 0.15) is 11.5 Å². The Morgan fingerprint density at radius 1 is 1.38 bits per heavy atom. The summed E-state index contributed by atoms with van der Waals surface area (Å²) in [5.41, 5.74) is 2.41. The van der Waals surface area contributed by atoms with Gasteiger partial charge in [-0.2, -0.15) is 0 Å². The molecular weight excluding hydrogens is 209 g/mol. The van der Waals surface area contributed by atoms with Crippen molar-refractivity contribution in [2.75, 3.05) is 0 Å². The van der Waals surface area contributed by atoms with Crippen molar-refractivity contribution in [2.24, 2.45) is 0 Å². The Morgan fingerprint density at radius 2 is 2.12 bits per heavy atom. The minimum Gasteiger partial charge on any atom is -0.390 e. The number of benzene rings is 1. The van der Waals surface area contributed by atoms with Crippen molar-refractivity contribution in [3.63, 3.8) is 0 Å². The molecule has 0 saturated carbocycles. The van der Waals surface area contributed by atoms with Gasteiger partial charge in [-0.15, -0.1) is 5.10 Å². The molecule has 0 aliphatic heterocycles. The van der Waals surface area contributed by atoms with E-state index in [1.165, 1.54) is 10.7 Å². The molecule has 1 heterocycles. The maximum atomic E-state index is 13.4. The summed E-state index contributed by atoms with van der Waals surface area (Å²) in [7, 11) is 0. The summed E-state index contributed by atoms with van der Waals surface area (Å²) >= 11 is 0. The van der Waals surface area contributed by atoms with E-state index in [0.29, 0.717) is 22.6 Å². The molecule has 2 aromatic rings. The number of hydrogen-bond donors (Lipinski definition) is 1. The second-order valence-corrected chi connectivity index (χ2v) is 3.62. The first-order chi connectivity index (χ1) is 7.63. The van der Waals surface area contributed by atoms with E-state index in [0.717, 1.165) is 0 Å². The van der Waals surface area contributed by atoms with Crippen LogP contribution in [-0.4, -0.2) is 20.1 Å². The molecule has 84 valence electrons. The van der Waals surface area contributed by atoms with Crippen molar-refractivity contribution in [1.82, 2.24) is 15.0 Å². The minimum atomic E-state index is -0.280. The Balaban J connectivity index is 2.50. The van der Waals surface area contributed by atoms with Gasteiger partial charge in [0.15, 0.2) is 0 Å². The fourth-order valence-electron chi connectivity index (χ4n) is 1.47. The standard InChI is InChI=1S/C11H12FN3O/c1-7-3-4-9(5-10(7)12)15-8(2)11(6-16)13-14-15/h3-5,16H,6H2,1-2H3. The molecule has 5 heteroatoms. The maximum absolute atomic E-state index is 13.4. The van der Waals surface area contributed by atoms with E-state index < -0.39 is 0 Å². The van der Waals surface area contributed by atoms with Crippen molar-refractivity contribution in [2.45, 2.75) is 20.5 Å². The third-order valence-electron chi connectivity index (χ3n) is 2.54. The Kier molecular flexibility index (Phi) is 2.70. The van der Waals surface area contributed by atoms with E-state index in [2.05, 4.69) is 10.3 Å². The van der Waals surface area contributed by atoms with Gasteiger partial charge in [-0.3, -0.25) is 0 Å². The Labute approximate surface area is 92.3 Å². The van der Waals surface area contributed by atoms with Crippen LogP contribution in [0.5, 0.6) is 0 Å². The van der Waals surface area contributed by atoms with Crippen LogP contribution in [0.2, 0.25) is 0 Å². The average Bonchev–Trinajstić information content (AvgIpc) is 2.64. The lowest BCUT2D eigenvalue weighted by Crippen LogP contribution is -2.00. The quantitative estimate of drug-likeness (QED) is 0.836. The fourth-order valence-corrected chi connectivity index (χ4v) is 1.47. The highest BCUT2D eigenvalue weighted by atomic mass is 19.1. The van der Waals surface area contributed by atoms with Gasteiger partial charge in [0, 0.05) is 0 Å². The summed E-state index contributed by atoms with van der Waals surface area (Å²) in [4.78, 5) is 0. The number of aryl methyl sites for hydroxylation is 1. The van der Waals surface area contributed by atoms with Gasteiger partial charge in [0.05, 0.1) is 18.0 Å². The first kappa shape index (κ1) is 10.8. The van der Waals surface area contributed by atoms with Crippen molar-refractivity contribution < 1.29 is 9.50 Å². The summed E-state index contributed by atoms with van der Waals surface area (Å²) < 4.78 is 14.9. The average molecular weight is 221 g/mol. The predicted molar refractivity (Wildman–Crippen MR) is 56.7 cm³/mol. The molecule has 1 N–H and O–H groups in total. The topological polar surface area (TPSA) is 50.9 Å². The minimum absolute atomic E-state index is 0.166. The SMILES string of the molecule is Cc1ccc(-n2nnc(CO)c2C)cc1F. The largest absolute Gasteiger partial charge is 0.390 e. The third-order valence-corrected chi connectivity index (χ3v) is 2.54. The highest BCUT2D eigenvalue weighted by Gasteiger charge is 2.09. The summed E-state index contributed by atoms with van der Waals surface area (Å²) in [5.74, 6) is -0.280. The maximum Gasteiger partial charge on any atom is 0.128 e. The predicted octanol–water partition coefficient (Wildman–Crippen LogP) is 1.52. The van der Waals surface area contributed by atoms with E-state index in [-0.39, 0.29) is 12.4 Å². The van der Waals surface area contributed by atoms with Crippen molar-refractivity contribution in [1.29, 1.82) is 0 Å². The van der Waals surface area contributed by atoms with E-state index in [1.807, 2.05) is 0 Å². The molecule has 1 aromatic carbocycles. The highest BCUT2D eigenvalue weighted by Crippen LogP contribution is 2.15. The molecule has 0 saturated heterocycles. The first-order valence-corrected chi connectivity index (χ1v) is 4.92. The van der Waals surface area contributed by atoms with Crippen LogP contribution >= 0.6 is 0 Å². The molecule has 0 radical (unpaired) electrons. The molecule has 0 amide bonds. The van der Waals surface area contributed by atoms with E-state index in [9.17, 15) is 4.39 Å². The van der Waals surface area contributed by atoms with Gasteiger partial charge in [0.25, 0.3) is 0 Å². The number of nitrogens with zero attached hydrogens (tertiary/aromatic N) is 3. The van der Waals surface area contributed by atoms with Gasteiger partial charge < -0.3 is 5.11 Å². The van der Waals surface area contributed by atoms with Crippen molar-refractivity contribution in [3.8, 4) is 5.69 Å². The number of hydrogen-bond acceptors (Lipinski definition) is 3. The molecule has 4 nitrogen and oxygen atoms in total. The highest BCUT2D eigenvalue weighted by molar-refractivity contribution is 5.36. The third kappa shape index (κ3) is 1.69. The molecular formula is C11H12FN3O. The molecule has 0 aliphatic rings. The van der Waals surface area contributed by atoms with Crippen LogP contribution in [0.1, 0.15) is 17.0 Å². The van der Waals surface area contributed by atoms with Crippen LogP contribution in [0.25, 0.3) is 5.69 Å². The molecule has 16 heavy (non-hydrogen) atoms. The van der Waals surface area contributed by atoms with Crippen LogP contribution in [0, 0.1) is 19.7 Å². The van der Waals surface area contributed by atoms with Gasteiger partial charge in [-0.1, -0.05) is 11.3 Å². The second-order valence-electron chi connectivity index (χ2n) is 3.62. The summed E-state index contributed by atoms with van der Waals surface area (Å²) in [5, 5.41) is 16.7. The Bertz CT molecular complexity index is 522. The van der Waals surface area contributed by atoms with Crippen LogP contribution in [0.3, 0.4) is 0 Å². The molecule has 1 aromatic heterocycles. The monoisotopic (exact) mass is 221 g/mol. The molecule has 2 rings (SSSR count). The number of aliphatic hydroxyl groups excluding tert-OH is 1. The Hall–Kier alpha value is -1.75. The van der Waals surface area contributed by atoms with Crippen LogP contribution in [0.4, 0.5) is 4.39 Å². The Morgan fingerprint density at radius 3 is 2.69 bits per heavy atom. The molecule has 0 aliphatic carbocycles. The first-order valence-electron chi connectivity index (χ1n) is 4.92.